The Bertz CT molecular complexity index is 1050. The van der Waals surface area contributed by atoms with Crippen molar-refractivity contribution in [3.63, 3.8) is 0 Å². The van der Waals surface area contributed by atoms with Crippen LogP contribution in [0.25, 0.3) is 0 Å². The van der Waals surface area contributed by atoms with E-state index in [9.17, 15) is 17.6 Å². The van der Waals surface area contributed by atoms with Crippen molar-refractivity contribution in [2.45, 2.75) is 17.8 Å². The topological polar surface area (TPSA) is 89.0 Å². The molecular weight excluding hydrogens is 377 g/mol. The van der Waals surface area contributed by atoms with E-state index in [0.717, 1.165) is 23.2 Å². The van der Waals surface area contributed by atoms with Gasteiger partial charge < -0.3 is 0 Å². The van der Waals surface area contributed by atoms with Crippen molar-refractivity contribution in [1.82, 2.24) is 9.36 Å². The second-order valence-electron chi connectivity index (χ2n) is 5.56. The number of nitrogens with one attached hydrogen (secondary N) is 1. The van der Waals surface area contributed by atoms with Crippen molar-refractivity contribution < 1.29 is 17.6 Å². The number of halogens is 1. The molecule has 1 heterocycles. The number of anilines is 1. The molecule has 3 rings (SSSR count). The molecule has 0 radical (unpaired) electrons. The zero-order valence-corrected chi connectivity index (χ0v) is 15.3. The smallest absolute Gasteiger partial charge is 0.261 e. The molecule has 0 unspecified atom stereocenters. The Labute approximate surface area is 153 Å². The Balaban J connectivity index is 1.75. The summed E-state index contributed by atoms with van der Waals surface area (Å²) in [5, 5.41) is 1.98. The molecule has 0 bridgehead atoms. The van der Waals surface area contributed by atoms with E-state index in [4.69, 9.17) is 0 Å². The zero-order chi connectivity index (χ0) is 18.7. The van der Waals surface area contributed by atoms with E-state index < -0.39 is 21.6 Å². The van der Waals surface area contributed by atoms with Crippen molar-refractivity contribution in [1.29, 1.82) is 0 Å². The number of amides is 1. The van der Waals surface area contributed by atoms with Crippen LogP contribution in [-0.2, 0) is 15.6 Å². The average molecular weight is 391 g/mol. The van der Waals surface area contributed by atoms with Gasteiger partial charge in [-0.3, -0.25) is 10.1 Å². The lowest BCUT2D eigenvalue weighted by molar-refractivity contribution is 0.102. The van der Waals surface area contributed by atoms with Gasteiger partial charge in [0.05, 0.1) is 11.3 Å². The normalized spacial score (nSPS) is 11.3. The first-order chi connectivity index (χ1) is 12.3. The van der Waals surface area contributed by atoms with E-state index in [2.05, 4.69) is 14.7 Å². The molecule has 2 aromatic carbocycles. The second kappa shape index (κ2) is 7.30. The molecule has 26 heavy (non-hydrogen) atoms. The summed E-state index contributed by atoms with van der Waals surface area (Å²) in [7, 11) is -3.75. The standard InChI is InChI=1S/C17H14FN3O3S2/c1-11-6-8-12(9-7-11)10-26(23,24)17-20-16(25-21-17)19-15(22)13-4-2-3-5-14(13)18/h2-9H,10H2,1H3,(H,19,20,21,22). The molecule has 6 nitrogen and oxygen atoms in total. The first kappa shape index (κ1) is 18.2. The zero-order valence-electron chi connectivity index (χ0n) is 13.6. The van der Waals surface area contributed by atoms with Crippen LogP contribution in [0.4, 0.5) is 9.52 Å². The van der Waals surface area contributed by atoms with E-state index in [1.165, 1.54) is 18.2 Å². The molecule has 134 valence electrons. The number of nitrogens with zero attached hydrogens (tertiary/aromatic N) is 2. The van der Waals surface area contributed by atoms with Crippen molar-refractivity contribution >= 4 is 32.4 Å². The molecule has 0 spiro atoms. The number of carbonyl (C=O) groups excluding carboxylic acids is 1. The lowest BCUT2D eigenvalue weighted by atomic mass is 10.2. The molecule has 9 heteroatoms. The molecule has 0 saturated heterocycles. The van der Waals surface area contributed by atoms with Gasteiger partial charge in [0.25, 0.3) is 11.1 Å². The van der Waals surface area contributed by atoms with Crippen LogP contribution in [0.2, 0.25) is 0 Å². The quantitative estimate of drug-likeness (QED) is 0.721. The molecule has 0 aliphatic heterocycles. The molecule has 0 aliphatic carbocycles. The van der Waals surface area contributed by atoms with Gasteiger partial charge >= 0.3 is 0 Å². The Morgan fingerprint density at radius 2 is 1.85 bits per heavy atom. The van der Waals surface area contributed by atoms with Crippen molar-refractivity contribution in [2.75, 3.05) is 5.32 Å². The van der Waals surface area contributed by atoms with Gasteiger partial charge in [-0.1, -0.05) is 42.0 Å². The predicted molar refractivity (Wildman–Crippen MR) is 96.3 cm³/mol. The van der Waals surface area contributed by atoms with Crippen LogP contribution < -0.4 is 5.32 Å². The van der Waals surface area contributed by atoms with Crippen LogP contribution in [0.5, 0.6) is 0 Å². The molecule has 0 atom stereocenters. The van der Waals surface area contributed by atoms with Crippen molar-refractivity contribution in [2.24, 2.45) is 0 Å². The highest BCUT2D eigenvalue weighted by Gasteiger charge is 2.22. The predicted octanol–water partition coefficient (Wildman–Crippen LogP) is 3.21. The van der Waals surface area contributed by atoms with Crippen LogP contribution in [0, 0.1) is 12.7 Å². The minimum atomic E-state index is -3.75. The molecule has 0 fully saturated rings. The van der Waals surface area contributed by atoms with Crippen molar-refractivity contribution in [3.05, 3.63) is 71.0 Å². The van der Waals surface area contributed by atoms with Gasteiger partial charge in [0, 0.05) is 11.5 Å². The highest BCUT2D eigenvalue weighted by molar-refractivity contribution is 7.90. The van der Waals surface area contributed by atoms with Crippen LogP contribution >= 0.6 is 11.5 Å². The van der Waals surface area contributed by atoms with E-state index in [0.29, 0.717) is 5.56 Å². The molecule has 1 N–H and O–H groups in total. The Kier molecular flexibility index (Phi) is 5.10. The summed E-state index contributed by atoms with van der Waals surface area (Å²) < 4.78 is 42.3. The number of carbonyl (C=O) groups is 1. The van der Waals surface area contributed by atoms with Gasteiger partial charge in [0.15, 0.2) is 0 Å². The van der Waals surface area contributed by atoms with Crippen molar-refractivity contribution in [3.8, 4) is 0 Å². The highest BCUT2D eigenvalue weighted by Crippen LogP contribution is 2.20. The molecule has 0 aliphatic rings. The fourth-order valence-corrected chi connectivity index (χ4v) is 4.25. The molecule has 1 amide bonds. The lowest BCUT2D eigenvalue weighted by Crippen LogP contribution is -2.14. The summed E-state index contributed by atoms with van der Waals surface area (Å²) in [5.41, 5.74) is 1.48. The van der Waals surface area contributed by atoms with Crippen LogP contribution in [0.3, 0.4) is 0 Å². The number of hydrogen-bond donors (Lipinski definition) is 1. The third kappa shape index (κ3) is 4.12. The van der Waals surface area contributed by atoms with Gasteiger partial charge in [0.1, 0.15) is 5.82 Å². The number of benzene rings is 2. The highest BCUT2D eigenvalue weighted by atomic mass is 32.2. The number of hydrogen-bond acceptors (Lipinski definition) is 6. The maximum Gasteiger partial charge on any atom is 0.261 e. The second-order valence-corrected chi connectivity index (χ2v) is 8.20. The van der Waals surface area contributed by atoms with Gasteiger partial charge in [-0.2, -0.15) is 9.36 Å². The Hall–Kier alpha value is -2.65. The lowest BCUT2D eigenvalue weighted by Gasteiger charge is -2.02. The first-order valence-electron chi connectivity index (χ1n) is 7.53. The monoisotopic (exact) mass is 391 g/mol. The van der Waals surface area contributed by atoms with Gasteiger partial charge in [-0.05, 0) is 24.6 Å². The summed E-state index contributed by atoms with van der Waals surface area (Å²) in [4.78, 5) is 15.9. The third-order valence-corrected chi connectivity index (χ3v) is 5.70. The fourth-order valence-electron chi connectivity index (χ4n) is 2.17. The summed E-state index contributed by atoms with van der Waals surface area (Å²) >= 11 is 0.724. The minimum Gasteiger partial charge on any atom is -0.296 e. The summed E-state index contributed by atoms with van der Waals surface area (Å²) in [6, 6.07) is 12.6. The van der Waals surface area contributed by atoms with Gasteiger partial charge in [-0.25, -0.2) is 12.8 Å². The van der Waals surface area contributed by atoms with Gasteiger partial charge in [0.2, 0.25) is 15.0 Å². The Morgan fingerprint density at radius 3 is 2.54 bits per heavy atom. The molecule has 3 aromatic rings. The number of sulfone groups is 1. The van der Waals surface area contributed by atoms with E-state index in [-0.39, 0.29) is 21.6 Å². The number of aryl methyl sites for hydroxylation is 1. The maximum absolute atomic E-state index is 13.6. The SMILES string of the molecule is Cc1ccc(CS(=O)(=O)c2nsc(NC(=O)c3ccccc3F)n2)cc1. The summed E-state index contributed by atoms with van der Waals surface area (Å²) in [6.45, 7) is 1.91. The first-order valence-corrected chi connectivity index (χ1v) is 9.95. The summed E-state index contributed by atoms with van der Waals surface area (Å²) in [5.74, 6) is -1.64. The Morgan fingerprint density at radius 1 is 1.15 bits per heavy atom. The van der Waals surface area contributed by atoms with E-state index in [1.807, 2.05) is 19.1 Å². The average Bonchev–Trinajstić information content (AvgIpc) is 3.06. The van der Waals surface area contributed by atoms with Crippen LogP contribution in [0.1, 0.15) is 21.5 Å². The molecule has 0 saturated carbocycles. The maximum atomic E-state index is 13.6. The third-order valence-electron chi connectivity index (χ3n) is 3.50. The van der Waals surface area contributed by atoms with Crippen LogP contribution in [-0.4, -0.2) is 23.7 Å². The number of aromatic nitrogens is 2. The fraction of sp³-hybridized carbons (Fsp3) is 0.118. The van der Waals surface area contributed by atoms with E-state index in [1.54, 1.807) is 12.1 Å². The number of rotatable bonds is 5. The molecule has 1 aromatic heterocycles. The van der Waals surface area contributed by atoms with Gasteiger partial charge in [-0.15, -0.1) is 0 Å². The summed E-state index contributed by atoms with van der Waals surface area (Å²) in [6.07, 6.45) is 0. The largest absolute Gasteiger partial charge is 0.296 e. The van der Waals surface area contributed by atoms with E-state index >= 15 is 0 Å². The molecular formula is C17H14FN3O3S2. The minimum absolute atomic E-state index is 0.0132. The van der Waals surface area contributed by atoms with Crippen LogP contribution in [0.15, 0.2) is 53.7 Å².